The van der Waals surface area contributed by atoms with E-state index in [2.05, 4.69) is 84.9 Å². The van der Waals surface area contributed by atoms with E-state index >= 15 is 0 Å². The zero-order valence-electron chi connectivity index (χ0n) is 24.2. The van der Waals surface area contributed by atoms with Crippen LogP contribution in [0.2, 0.25) is 0 Å². The van der Waals surface area contributed by atoms with E-state index in [1.165, 1.54) is 75.5 Å². The molecule has 0 bridgehead atoms. The van der Waals surface area contributed by atoms with Crippen LogP contribution in [0.15, 0.2) is 53.0 Å². The summed E-state index contributed by atoms with van der Waals surface area (Å²) < 4.78 is 5.51. The van der Waals surface area contributed by atoms with Crippen molar-refractivity contribution >= 4 is 7.05 Å². The van der Waals surface area contributed by atoms with E-state index in [0.717, 1.165) is 24.2 Å². The Morgan fingerprint density at radius 2 is 1.35 bits per heavy atom. The van der Waals surface area contributed by atoms with E-state index in [4.69, 9.17) is 4.74 Å². The molecule has 34 heavy (non-hydrogen) atoms. The minimum Gasteiger partial charge on any atom is -0.272 e. The van der Waals surface area contributed by atoms with Gasteiger partial charge in [-0.3, -0.25) is 4.74 Å². The third-order valence-electron chi connectivity index (χ3n) is 6.05. The smallest absolute Gasteiger partial charge is 0.0425 e. The van der Waals surface area contributed by atoms with E-state index in [9.17, 15) is 0 Å². The average molecular weight is 524 g/mol. The third-order valence-corrected chi connectivity index (χ3v) is 10.2. The summed E-state index contributed by atoms with van der Waals surface area (Å²) in [7, 11) is -1.20. The van der Waals surface area contributed by atoms with Crippen molar-refractivity contribution in [1.82, 2.24) is 0 Å². The molecule has 0 N–H and O–H groups in total. The van der Waals surface area contributed by atoms with Crippen LogP contribution in [-0.2, 0) is 21.7 Å². The average Bonchev–Trinajstić information content (AvgIpc) is 3.24. The van der Waals surface area contributed by atoms with E-state index in [1.54, 1.807) is 0 Å². The summed E-state index contributed by atoms with van der Waals surface area (Å²) in [5, 5.41) is 0. The van der Waals surface area contributed by atoms with Crippen LogP contribution in [0, 0.1) is 17.8 Å². The Hall–Kier alpha value is -0.0957. The standard InChI is InChI=1S/C23H44NP.C8H14.Ti/c1-20(2)12-9-17-25(18-10-13-21(3)4,19-11-14-22(5)6)24-23-15-7-8-16-23;1-3-5-7-8-6-4-2;/h7-8,15,20-22H,9-14,16-19H2,1-6H3;3,5,7-8H,4,6H2,1-2H3;. The zero-order chi connectivity index (χ0) is 25.0. The van der Waals surface area contributed by atoms with Crippen molar-refractivity contribution in [3.63, 3.8) is 0 Å². The molecule has 0 fully saturated rings. The van der Waals surface area contributed by atoms with Crippen molar-refractivity contribution < 1.29 is 21.7 Å². The van der Waals surface area contributed by atoms with Gasteiger partial charge in [0.2, 0.25) is 0 Å². The molecule has 3 heteroatoms. The second-order valence-corrected chi connectivity index (χ2v) is 14.7. The molecule has 0 atom stereocenters. The van der Waals surface area contributed by atoms with Crippen LogP contribution >= 0.6 is 7.05 Å². The summed E-state index contributed by atoms with van der Waals surface area (Å²) in [4.78, 5) is 0. The second kappa shape index (κ2) is 23.3. The van der Waals surface area contributed by atoms with E-state index in [1.807, 2.05) is 13.0 Å². The predicted molar refractivity (Wildman–Crippen MR) is 157 cm³/mol. The van der Waals surface area contributed by atoms with Crippen molar-refractivity contribution in [3.8, 4) is 0 Å². The molecule has 0 aromatic heterocycles. The van der Waals surface area contributed by atoms with Crippen LogP contribution in [0.4, 0.5) is 0 Å². The fraction of sp³-hybridized carbons (Fsp3) is 0.742. The molecule has 0 saturated heterocycles. The maximum atomic E-state index is 5.51. The van der Waals surface area contributed by atoms with Crippen LogP contribution in [-0.4, -0.2) is 18.5 Å². The Bertz CT molecular complexity index is 595. The first-order chi connectivity index (χ1) is 15.7. The predicted octanol–water partition coefficient (Wildman–Crippen LogP) is 11.3. The largest absolute Gasteiger partial charge is 0.272 e. The van der Waals surface area contributed by atoms with Gasteiger partial charge in [0.1, 0.15) is 0 Å². The molecule has 0 unspecified atom stereocenters. The third kappa shape index (κ3) is 21.2. The molecule has 0 amide bonds. The Kier molecular flexibility index (Phi) is 24.7. The van der Waals surface area contributed by atoms with Gasteiger partial charge >= 0.3 is 0 Å². The Morgan fingerprint density at radius 3 is 1.71 bits per heavy atom. The van der Waals surface area contributed by atoms with E-state index in [-0.39, 0.29) is 21.7 Å². The zero-order valence-corrected chi connectivity index (χ0v) is 26.6. The molecule has 1 aliphatic rings. The summed E-state index contributed by atoms with van der Waals surface area (Å²) in [6.07, 6.45) is 31.0. The van der Waals surface area contributed by atoms with Crippen molar-refractivity contribution in [1.29, 1.82) is 0 Å². The Morgan fingerprint density at radius 1 is 0.853 bits per heavy atom. The van der Waals surface area contributed by atoms with Crippen LogP contribution in [0.1, 0.15) is 113 Å². The molecule has 0 aromatic carbocycles. The van der Waals surface area contributed by atoms with Crippen LogP contribution in [0.25, 0.3) is 0 Å². The number of allylic oxidation sites excluding steroid dienone is 7. The molecular formula is C31H58NPTi. The molecule has 0 radical (unpaired) electrons. The molecule has 0 aromatic rings. The molecular weight excluding hydrogens is 465 g/mol. The quantitative estimate of drug-likeness (QED) is 0.108. The first-order valence-electron chi connectivity index (χ1n) is 14.0. The minimum absolute atomic E-state index is 0. The van der Waals surface area contributed by atoms with Crippen molar-refractivity contribution in [2.45, 2.75) is 113 Å². The van der Waals surface area contributed by atoms with Crippen LogP contribution in [0.3, 0.4) is 0 Å². The number of hydrogen-bond acceptors (Lipinski definition) is 1. The summed E-state index contributed by atoms with van der Waals surface area (Å²) in [6.45, 7) is 18.4. The molecule has 1 rings (SSSR count). The molecule has 0 heterocycles. The summed E-state index contributed by atoms with van der Waals surface area (Å²) >= 11 is 0. The van der Waals surface area contributed by atoms with Gasteiger partial charge in [0, 0.05) is 33.8 Å². The molecule has 1 aliphatic carbocycles. The van der Waals surface area contributed by atoms with Gasteiger partial charge in [0.05, 0.1) is 0 Å². The maximum absolute atomic E-state index is 5.51. The number of hydrogen-bond donors (Lipinski definition) is 0. The van der Waals surface area contributed by atoms with Gasteiger partial charge in [-0.05, 0) is 82.0 Å². The fourth-order valence-corrected chi connectivity index (χ4v) is 8.08. The van der Waals surface area contributed by atoms with Gasteiger partial charge in [-0.25, -0.2) is 0 Å². The first-order valence-corrected chi connectivity index (χ1v) is 16.3. The molecule has 1 nitrogen and oxygen atoms in total. The van der Waals surface area contributed by atoms with E-state index in [0.29, 0.717) is 0 Å². The number of unbranched alkanes of at least 4 members (excludes halogenated alkanes) is 1. The molecule has 0 aliphatic heterocycles. The number of nitrogens with zero attached hydrogens (tertiary/aromatic N) is 1. The van der Waals surface area contributed by atoms with Crippen LogP contribution < -0.4 is 0 Å². The topological polar surface area (TPSA) is 12.4 Å². The maximum Gasteiger partial charge on any atom is 0.0425 e. The Balaban J connectivity index is 0. The molecule has 196 valence electrons. The van der Waals surface area contributed by atoms with Gasteiger partial charge in [-0.2, -0.15) is 0 Å². The summed E-state index contributed by atoms with van der Waals surface area (Å²) in [6, 6.07) is 0. The van der Waals surface area contributed by atoms with Gasteiger partial charge in [0.25, 0.3) is 0 Å². The SMILES string of the molecule is CC(C)CCCP(CCCC(C)C)(CCCC(C)C)=NC1=CC=CC1.CC=CC=CCCC.[Ti]. The minimum atomic E-state index is -1.20. The van der Waals surface area contributed by atoms with Crippen molar-refractivity contribution in [2.75, 3.05) is 18.5 Å². The molecule has 0 saturated carbocycles. The van der Waals surface area contributed by atoms with Crippen molar-refractivity contribution in [3.05, 3.63) is 48.2 Å². The second-order valence-electron chi connectivity index (χ2n) is 11.0. The van der Waals surface area contributed by atoms with E-state index < -0.39 is 7.05 Å². The van der Waals surface area contributed by atoms with Gasteiger partial charge in [0.15, 0.2) is 0 Å². The van der Waals surface area contributed by atoms with Gasteiger partial charge < -0.3 is 0 Å². The summed E-state index contributed by atoms with van der Waals surface area (Å²) in [5.74, 6) is 2.46. The Labute approximate surface area is 230 Å². The van der Waals surface area contributed by atoms with Crippen LogP contribution in [0.5, 0.6) is 0 Å². The normalized spacial score (nSPS) is 13.7. The monoisotopic (exact) mass is 523 g/mol. The first kappa shape index (κ1) is 36.1. The number of rotatable bonds is 16. The molecule has 0 spiro atoms. The van der Waals surface area contributed by atoms with Gasteiger partial charge in [-0.15, -0.1) is 0 Å². The van der Waals surface area contributed by atoms with Gasteiger partial charge in [-0.1, -0.05) is 111 Å². The fourth-order valence-electron chi connectivity index (χ4n) is 4.10. The van der Waals surface area contributed by atoms with Crippen molar-refractivity contribution in [2.24, 2.45) is 22.5 Å². The summed E-state index contributed by atoms with van der Waals surface area (Å²) in [5.41, 5.74) is 1.37.